The smallest absolute Gasteiger partial charge is 0.0314 e. The van der Waals surface area contributed by atoms with Crippen LogP contribution >= 0.6 is 11.9 Å². The predicted octanol–water partition coefficient (Wildman–Crippen LogP) is 6.11. The van der Waals surface area contributed by atoms with Crippen LogP contribution in [0, 0.1) is 12.8 Å². The van der Waals surface area contributed by atoms with E-state index in [-0.39, 0.29) is 0 Å². The van der Waals surface area contributed by atoms with Gasteiger partial charge in [-0.2, -0.15) is 0 Å². The van der Waals surface area contributed by atoms with E-state index in [4.69, 9.17) is 0 Å². The van der Waals surface area contributed by atoms with Gasteiger partial charge in [0.1, 0.15) is 0 Å². The van der Waals surface area contributed by atoms with E-state index in [1.807, 2.05) is 40.1 Å². The molecule has 1 aliphatic heterocycles. The molecule has 2 nitrogen and oxygen atoms in total. The van der Waals surface area contributed by atoms with Crippen molar-refractivity contribution in [2.24, 2.45) is 10.9 Å². The number of benzene rings is 1. The monoisotopic (exact) mass is 342 g/mol. The fourth-order valence-electron chi connectivity index (χ4n) is 2.47. The number of hydrogen-bond acceptors (Lipinski definition) is 3. The van der Waals surface area contributed by atoms with Crippen molar-refractivity contribution in [3.8, 4) is 0 Å². The quantitative estimate of drug-likeness (QED) is 0.670. The fraction of sp³-hybridized carbons (Fsp3) is 0.381. The molecular formula is C21H30N2S. The van der Waals surface area contributed by atoms with Gasteiger partial charge in [-0.05, 0) is 42.5 Å². The molecule has 3 rings (SSSR count). The highest BCUT2D eigenvalue weighted by molar-refractivity contribution is 7.97. The number of rotatable bonds is 3. The Kier molecular flexibility index (Phi) is 10.1. The van der Waals surface area contributed by atoms with Crippen molar-refractivity contribution >= 4 is 18.2 Å². The standard InChI is InChI=1S/C17H18N2S.2C2H6/c1-13-6-2-5-9-17(13)20-19-16-8-4-3-7-14-12-18-11-10-15(14)16;2*1-2/h2-7,9-12,15-16,19H,8H2,1H3;2*1-2H3. The Morgan fingerprint density at radius 1 is 1.12 bits per heavy atom. The first-order valence-corrected chi connectivity index (χ1v) is 9.71. The van der Waals surface area contributed by atoms with E-state index in [9.17, 15) is 0 Å². The molecule has 0 fully saturated rings. The molecule has 130 valence electrons. The lowest BCUT2D eigenvalue weighted by Gasteiger charge is -2.25. The van der Waals surface area contributed by atoms with Gasteiger partial charge in [0.05, 0.1) is 0 Å². The van der Waals surface area contributed by atoms with Crippen LogP contribution in [0.1, 0.15) is 39.7 Å². The molecule has 24 heavy (non-hydrogen) atoms. The maximum absolute atomic E-state index is 4.23. The molecule has 2 aliphatic rings. The lowest BCUT2D eigenvalue weighted by molar-refractivity contribution is 0.546. The molecule has 2 unspecified atom stereocenters. The normalized spacial score (nSPS) is 20.6. The lowest BCUT2D eigenvalue weighted by atomic mass is 9.90. The van der Waals surface area contributed by atoms with E-state index >= 15 is 0 Å². The number of hydrogen-bond donors (Lipinski definition) is 1. The summed E-state index contributed by atoms with van der Waals surface area (Å²) in [4.78, 5) is 5.52. The molecule has 1 aliphatic carbocycles. The zero-order valence-electron chi connectivity index (χ0n) is 15.5. The Morgan fingerprint density at radius 2 is 1.88 bits per heavy atom. The number of aryl methyl sites for hydroxylation is 1. The van der Waals surface area contributed by atoms with Gasteiger partial charge < -0.3 is 0 Å². The molecule has 1 N–H and O–H groups in total. The first-order chi connectivity index (χ1) is 11.8. The molecule has 0 radical (unpaired) electrons. The third-order valence-electron chi connectivity index (χ3n) is 3.65. The van der Waals surface area contributed by atoms with Crippen LogP contribution in [0.4, 0.5) is 0 Å². The summed E-state index contributed by atoms with van der Waals surface area (Å²) < 4.78 is 3.63. The molecule has 1 aromatic rings. The molecule has 1 heterocycles. The topological polar surface area (TPSA) is 24.4 Å². The Hall–Kier alpha value is -1.58. The Labute approximate surface area is 152 Å². The van der Waals surface area contributed by atoms with Crippen molar-refractivity contribution in [1.29, 1.82) is 0 Å². The Balaban J connectivity index is 0.000000671. The summed E-state index contributed by atoms with van der Waals surface area (Å²) >= 11 is 1.73. The largest absolute Gasteiger partial charge is 0.265 e. The van der Waals surface area contributed by atoms with Gasteiger partial charge in [0.25, 0.3) is 0 Å². The van der Waals surface area contributed by atoms with Gasteiger partial charge in [0.2, 0.25) is 0 Å². The average Bonchev–Trinajstić information content (AvgIpc) is 2.87. The molecule has 0 saturated heterocycles. The number of nitrogens with zero attached hydrogens (tertiary/aromatic N) is 1. The maximum Gasteiger partial charge on any atom is 0.0314 e. The zero-order chi connectivity index (χ0) is 17.8. The summed E-state index contributed by atoms with van der Waals surface area (Å²) in [5.74, 6) is 0.402. The summed E-state index contributed by atoms with van der Waals surface area (Å²) in [7, 11) is 0. The number of aliphatic imine (C=N–C) groups is 1. The first-order valence-electron chi connectivity index (χ1n) is 8.89. The van der Waals surface area contributed by atoms with Crippen molar-refractivity contribution in [2.75, 3.05) is 0 Å². The molecule has 0 saturated carbocycles. The molecule has 1 aromatic carbocycles. The van der Waals surface area contributed by atoms with Crippen molar-refractivity contribution in [2.45, 2.75) is 52.0 Å². The van der Waals surface area contributed by atoms with Crippen molar-refractivity contribution in [1.82, 2.24) is 4.72 Å². The van der Waals surface area contributed by atoms with Gasteiger partial charge in [-0.1, -0.05) is 70.2 Å². The summed E-state index contributed by atoms with van der Waals surface area (Å²) in [5.41, 5.74) is 2.59. The van der Waals surface area contributed by atoms with Gasteiger partial charge in [-0.15, -0.1) is 0 Å². The molecule has 0 amide bonds. The Bertz CT molecular complexity index is 600. The third kappa shape index (κ3) is 5.81. The van der Waals surface area contributed by atoms with Gasteiger partial charge in [-0.3, -0.25) is 9.71 Å². The van der Waals surface area contributed by atoms with E-state index in [0.29, 0.717) is 12.0 Å². The van der Waals surface area contributed by atoms with E-state index in [2.05, 4.69) is 65.2 Å². The van der Waals surface area contributed by atoms with Crippen molar-refractivity contribution < 1.29 is 0 Å². The summed E-state index contributed by atoms with van der Waals surface area (Å²) in [6.07, 6.45) is 13.6. The second-order valence-electron chi connectivity index (χ2n) is 5.07. The second-order valence-corrected chi connectivity index (χ2v) is 5.95. The summed E-state index contributed by atoms with van der Waals surface area (Å²) in [6.45, 7) is 10.1. The third-order valence-corrected chi connectivity index (χ3v) is 4.75. The SMILES string of the molecule is CC.CC.Cc1ccccc1SNC1CC=CC=C2C=NC=CC21. The average molecular weight is 343 g/mol. The zero-order valence-corrected chi connectivity index (χ0v) is 16.3. The molecule has 0 spiro atoms. The molecule has 0 aromatic heterocycles. The van der Waals surface area contributed by atoms with E-state index in [1.54, 1.807) is 11.9 Å². The van der Waals surface area contributed by atoms with Gasteiger partial charge >= 0.3 is 0 Å². The second kappa shape index (κ2) is 11.9. The van der Waals surface area contributed by atoms with Crippen LogP contribution in [0.25, 0.3) is 0 Å². The van der Waals surface area contributed by atoms with Crippen LogP contribution in [-0.2, 0) is 0 Å². The highest BCUT2D eigenvalue weighted by atomic mass is 32.2. The Morgan fingerprint density at radius 3 is 2.62 bits per heavy atom. The predicted molar refractivity (Wildman–Crippen MR) is 110 cm³/mol. The van der Waals surface area contributed by atoms with Crippen molar-refractivity contribution in [3.05, 3.63) is 65.9 Å². The minimum Gasteiger partial charge on any atom is -0.265 e. The molecule has 0 bridgehead atoms. The van der Waals surface area contributed by atoms with E-state index in [1.165, 1.54) is 16.0 Å². The van der Waals surface area contributed by atoms with Crippen LogP contribution in [0.5, 0.6) is 0 Å². The van der Waals surface area contributed by atoms with Crippen LogP contribution in [-0.4, -0.2) is 12.3 Å². The summed E-state index contributed by atoms with van der Waals surface area (Å²) in [5, 5.41) is 0. The lowest BCUT2D eigenvalue weighted by Crippen LogP contribution is -2.32. The number of fused-ring (bicyclic) bond motifs is 1. The fourth-order valence-corrected chi connectivity index (χ4v) is 3.37. The van der Waals surface area contributed by atoms with Crippen LogP contribution in [0.15, 0.2) is 70.2 Å². The van der Waals surface area contributed by atoms with Crippen molar-refractivity contribution in [3.63, 3.8) is 0 Å². The molecule has 2 atom stereocenters. The number of nitrogens with one attached hydrogen (secondary N) is 1. The van der Waals surface area contributed by atoms with E-state index in [0.717, 1.165) is 6.42 Å². The maximum atomic E-state index is 4.23. The molecular weight excluding hydrogens is 312 g/mol. The van der Waals surface area contributed by atoms with E-state index < -0.39 is 0 Å². The van der Waals surface area contributed by atoms with Crippen LogP contribution < -0.4 is 4.72 Å². The van der Waals surface area contributed by atoms with Gasteiger partial charge in [0, 0.05) is 29.3 Å². The molecule has 3 heteroatoms. The van der Waals surface area contributed by atoms with Crippen LogP contribution in [0.3, 0.4) is 0 Å². The first kappa shape index (κ1) is 20.5. The number of allylic oxidation sites excluding steroid dienone is 2. The van der Waals surface area contributed by atoms with Gasteiger partial charge in [0.15, 0.2) is 0 Å². The highest BCUT2D eigenvalue weighted by Gasteiger charge is 2.23. The minimum atomic E-state index is 0.396. The highest BCUT2D eigenvalue weighted by Crippen LogP contribution is 2.28. The summed E-state index contributed by atoms with van der Waals surface area (Å²) in [6, 6.07) is 8.87. The van der Waals surface area contributed by atoms with Gasteiger partial charge in [-0.25, -0.2) is 0 Å². The minimum absolute atomic E-state index is 0.396. The van der Waals surface area contributed by atoms with Crippen LogP contribution in [0.2, 0.25) is 0 Å².